The van der Waals surface area contributed by atoms with Gasteiger partial charge in [-0.15, -0.1) is 0 Å². The smallest absolute Gasteiger partial charge is 0.870 e. The first-order chi connectivity index (χ1) is 21.7. The Morgan fingerprint density at radius 3 is 1.65 bits per heavy atom. The van der Waals surface area contributed by atoms with Gasteiger partial charge in [0.05, 0.1) is 24.6 Å². The molecule has 1 aliphatic carbocycles. The fourth-order valence-electron chi connectivity index (χ4n) is 5.21. The second-order valence-corrected chi connectivity index (χ2v) is 11.7. The van der Waals surface area contributed by atoms with Crippen LogP contribution in [0.5, 0.6) is 11.5 Å². The molecule has 0 amide bonds. The van der Waals surface area contributed by atoms with Crippen LogP contribution in [0.3, 0.4) is 0 Å². The summed E-state index contributed by atoms with van der Waals surface area (Å²) in [6.07, 6.45) is 3.67. The van der Waals surface area contributed by atoms with Crippen LogP contribution in [0.15, 0.2) is 59.8 Å². The molecule has 3 aromatic carbocycles. The number of phenols is 2. The maximum absolute atomic E-state index is 12.3. The molecule has 0 unspecified atom stereocenters. The van der Waals surface area contributed by atoms with Crippen molar-refractivity contribution in [2.45, 2.75) is 48.0 Å². The predicted molar refractivity (Wildman–Crippen MR) is 192 cm³/mol. The van der Waals surface area contributed by atoms with E-state index in [4.69, 9.17) is 21.7 Å². The van der Waals surface area contributed by atoms with E-state index in [0.29, 0.717) is 48.5 Å². The summed E-state index contributed by atoms with van der Waals surface area (Å²) in [5.41, 5.74) is 21.4. The number of hydrogen-bond donors (Lipinski definition) is 6. The van der Waals surface area contributed by atoms with Crippen LogP contribution in [0.4, 0.5) is 17.1 Å². The van der Waals surface area contributed by atoms with Crippen molar-refractivity contribution in [2.24, 2.45) is 0 Å². The van der Waals surface area contributed by atoms with Crippen LogP contribution in [0.2, 0.25) is 0 Å². The number of allylic oxidation sites excluding steroid dienone is 3. The monoisotopic (exact) mass is 686 g/mol. The third-order valence-electron chi connectivity index (χ3n) is 8.66. The van der Waals surface area contributed by atoms with E-state index in [1.807, 2.05) is 52.0 Å². The van der Waals surface area contributed by atoms with E-state index in [1.54, 1.807) is 30.0 Å². The summed E-state index contributed by atoms with van der Waals surface area (Å²) < 4.78 is 0. The molecule has 0 spiro atoms. The molecule has 0 atom stereocenters. The van der Waals surface area contributed by atoms with Gasteiger partial charge in [0.2, 0.25) is 5.78 Å². The predicted octanol–water partition coefficient (Wildman–Crippen LogP) is 1.09. The summed E-state index contributed by atoms with van der Waals surface area (Å²) in [5, 5.41) is 38.4. The number of rotatable bonds is 10. The number of nitrogens with two attached hydrogens (primary N) is 2. The van der Waals surface area contributed by atoms with E-state index in [9.17, 15) is 19.8 Å². The summed E-state index contributed by atoms with van der Waals surface area (Å²) in [7, 11) is 3.43. The molecule has 4 rings (SSSR count). The van der Waals surface area contributed by atoms with Crippen LogP contribution < -0.4 is 45.9 Å². The van der Waals surface area contributed by atoms with Crippen molar-refractivity contribution < 1.29 is 65.0 Å². The summed E-state index contributed by atoms with van der Waals surface area (Å²) in [4.78, 5) is 27.8. The molecule has 11 nitrogen and oxygen atoms in total. The van der Waals surface area contributed by atoms with E-state index >= 15 is 0 Å². The molecule has 3 aromatic rings. The van der Waals surface area contributed by atoms with Crippen molar-refractivity contribution in [1.29, 1.82) is 0 Å². The Bertz CT molecular complexity index is 1690. The molecule has 0 saturated heterocycles. The largest absolute Gasteiger partial charge is 1.00 e. The van der Waals surface area contributed by atoms with Crippen LogP contribution in [0.25, 0.3) is 0 Å². The quantitative estimate of drug-likeness (QED) is 0.0771. The van der Waals surface area contributed by atoms with Gasteiger partial charge in [0.15, 0.2) is 5.78 Å². The van der Waals surface area contributed by atoms with Gasteiger partial charge >= 0.3 is 29.6 Å². The van der Waals surface area contributed by atoms with Gasteiger partial charge in [-0.05, 0) is 85.4 Å². The van der Waals surface area contributed by atoms with Crippen LogP contribution in [-0.2, 0) is 22.4 Å². The molecule has 0 radical (unpaired) electrons. The third kappa shape index (κ3) is 11.1. The normalized spacial score (nSPS) is 11.9. The average Bonchev–Trinajstić information content (AvgIpc) is 3.01. The molecule has 49 heavy (non-hydrogen) atoms. The van der Waals surface area contributed by atoms with E-state index in [2.05, 4.69) is 0 Å². The molecular weight excluding hydrogens is 635 g/mol. The van der Waals surface area contributed by atoms with Crippen LogP contribution in [0.1, 0.15) is 46.4 Å². The molecule has 9 N–H and O–H groups in total. The number of carbonyl (C=O) groups excluding carboxylic acids is 2. The van der Waals surface area contributed by atoms with Gasteiger partial charge in [0.1, 0.15) is 11.5 Å². The number of hydrogen-bond acceptors (Lipinski definition) is 11. The average molecular weight is 687 g/mol. The van der Waals surface area contributed by atoms with Gasteiger partial charge in [-0.1, -0.05) is 19.6 Å². The maximum Gasteiger partial charge on any atom is 1.00 e. The SMILES string of the molecule is C.Cc1c(N)ccc(CC2=CC(=O)C(N(C)CCO)=CC2=O)c1C.Cc1c(N)ccc(Cc2cc(O)c(N(C)CCO)cc2O)c1C.[Na+].[OH-]. The topological polar surface area (TPSA) is 204 Å². The number of likely N-dealkylation sites (N-methyl/N-ethyl adjacent to an activating group) is 2. The van der Waals surface area contributed by atoms with Crippen molar-refractivity contribution in [3.63, 3.8) is 0 Å². The molecule has 262 valence electrons. The zero-order valence-corrected chi connectivity index (χ0v) is 31.0. The zero-order valence-electron chi connectivity index (χ0n) is 29.0. The summed E-state index contributed by atoms with van der Waals surface area (Å²) >= 11 is 0. The molecule has 1 aliphatic rings. The van der Waals surface area contributed by atoms with Crippen molar-refractivity contribution >= 4 is 28.6 Å². The molecular formula is C37H51N4NaO7. The number of carbonyl (C=O) groups is 2. The van der Waals surface area contributed by atoms with E-state index in [1.165, 1.54) is 18.2 Å². The Balaban J connectivity index is 0.000000886. The molecule has 0 bridgehead atoms. The molecule has 0 aromatic heterocycles. The number of aliphatic hydroxyl groups excluding tert-OH is 2. The Hall–Kier alpha value is -3.84. The first-order valence-electron chi connectivity index (χ1n) is 15.1. The van der Waals surface area contributed by atoms with Gasteiger partial charge in [0, 0.05) is 74.7 Å². The van der Waals surface area contributed by atoms with Crippen LogP contribution >= 0.6 is 0 Å². The van der Waals surface area contributed by atoms with E-state index in [-0.39, 0.29) is 78.7 Å². The molecule has 0 heterocycles. The van der Waals surface area contributed by atoms with Gasteiger partial charge in [-0.3, -0.25) is 9.59 Å². The Morgan fingerprint density at radius 2 is 1.14 bits per heavy atom. The minimum Gasteiger partial charge on any atom is -0.870 e. The van der Waals surface area contributed by atoms with Gasteiger partial charge in [-0.2, -0.15) is 0 Å². The molecule has 0 aliphatic heterocycles. The van der Waals surface area contributed by atoms with Crippen molar-refractivity contribution in [3.8, 4) is 11.5 Å². The minimum absolute atomic E-state index is 0. The van der Waals surface area contributed by atoms with Crippen LogP contribution in [-0.4, -0.2) is 82.8 Å². The number of phenolic OH excluding ortho intramolecular Hbond substituents is 2. The van der Waals surface area contributed by atoms with E-state index in [0.717, 1.165) is 44.8 Å². The Kier molecular flexibility index (Phi) is 18.4. The number of aliphatic hydroxyl groups is 2. The molecule has 0 fully saturated rings. The van der Waals surface area contributed by atoms with Crippen molar-refractivity contribution in [1.82, 2.24) is 4.90 Å². The summed E-state index contributed by atoms with van der Waals surface area (Å²) in [6.45, 7) is 8.47. The Labute approximate surface area is 312 Å². The number of nitrogens with zero attached hydrogens (tertiary/aromatic N) is 2. The molecule has 12 heteroatoms. The van der Waals surface area contributed by atoms with Gasteiger partial charge in [-0.25, -0.2) is 0 Å². The number of ketones is 2. The number of aromatic hydroxyl groups is 2. The minimum atomic E-state index is -0.208. The summed E-state index contributed by atoms with van der Waals surface area (Å²) in [5.74, 6) is -0.173. The first kappa shape index (κ1) is 45.2. The summed E-state index contributed by atoms with van der Waals surface area (Å²) in [6, 6.07) is 10.6. The van der Waals surface area contributed by atoms with E-state index < -0.39 is 0 Å². The number of nitrogen functional groups attached to an aromatic ring is 2. The Morgan fingerprint density at radius 1 is 0.653 bits per heavy atom. The van der Waals surface area contributed by atoms with Crippen LogP contribution in [0, 0.1) is 27.7 Å². The zero-order chi connectivity index (χ0) is 34.3. The molecule has 0 saturated carbocycles. The maximum atomic E-state index is 12.3. The number of benzene rings is 3. The fourth-order valence-corrected chi connectivity index (χ4v) is 5.21. The number of anilines is 3. The van der Waals surface area contributed by atoms with Crippen molar-refractivity contribution in [3.05, 3.63) is 98.8 Å². The second-order valence-electron chi connectivity index (χ2n) is 11.7. The second kappa shape index (κ2) is 20.0. The fraction of sp³-hybridized carbons (Fsp3) is 0.351. The van der Waals surface area contributed by atoms with Gasteiger partial charge < -0.3 is 47.2 Å². The van der Waals surface area contributed by atoms with Crippen molar-refractivity contribution in [2.75, 3.05) is 56.8 Å². The first-order valence-corrected chi connectivity index (χ1v) is 15.1. The van der Waals surface area contributed by atoms with Gasteiger partial charge in [0.25, 0.3) is 0 Å². The third-order valence-corrected chi connectivity index (χ3v) is 8.66. The standard InChI is InChI=1S/C18H24N2O3.C18H22N2O3.CH4.Na.H2O/c2*1-11-12(2)15(19)5-4-13(11)8-14-9-18(23)16(10-17(14)22)20(3)6-7-21;;;/h4-5,9-10,21-23H,6-8,19H2,1-3H3;4-5,9-10,21H,6-8,19H2,1-3H3;1H4;;1H2/q;;;+1;/p-1.